The topological polar surface area (TPSA) is 50.8 Å². The quantitative estimate of drug-likeness (QED) is 0.725. The van der Waals surface area contributed by atoms with E-state index in [4.69, 9.17) is 9.47 Å². The number of carbonyl (C=O) groups excluding carboxylic acids is 1. The lowest BCUT2D eigenvalue weighted by Crippen LogP contribution is -2.49. The molecule has 1 saturated carbocycles. The van der Waals surface area contributed by atoms with Crippen molar-refractivity contribution in [1.29, 1.82) is 0 Å². The van der Waals surface area contributed by atoms with E-state index in [2.05, 4.69) is 40.5 Å². The first-order valence-electron chi connectivity index (χ1n) is 11.7. The number of likely N-dealkylation sites (tertiary alicyclic amines) is 1. The zero-order valence-electron chi connectivity index (χ0n) is 18.9. The molecule has 3 atom stereocenters. The number of nitrogens with zero attached hydrogens (tertiary/aromatic N) is 1. The molecule has 4 rings (SSSR count). The van der Waals surface area contributed by atoms with Crippen molar-refractivity contribution < 1.29 is 14.3 Å². The summed E-state index contributed by atoms with van der Waals surface area (Å²) < 4.78 is 10.3. The maximum Gasteiger partial charge on any atom is 0.246 e. The zero-order valence-corrected chi connectivity index (χ0v) is 18.9. The highest BCUT2D eigenvalue weighted by Gasteiger charge is 2.30. The Morgan fingerprint density at radius 3 is 2.74 bits per heavy atom. The predicted molar refractivity (Wildman–Crippen MR) is 125 cm³/mol. The molecule has 2 aromatic rings. The van der Waals surface area contributed by atoms with Gasteiger partial charge in [0.25, 0.3) is 0 Å². The van der Waals surface area contributed by atoms with Crippen molar-refractivity contribution in [2.75, 3.05) is 33.9 Å². The number of nitrogens with one attached hydrogen (secondary N) is 1. The number of hydrogen-bond donors (Lipinski definition) is 1. The molecule has 1 saturated heterocycles. The standard InChI is InChI=1S/C26H36N2O3/c1-30-18-26(29)27-23-6-3-7-24(16-23)28-12-4-5-20(17-28)13-19-8-9-22-15-25(31-2)11-10-21(22)14-19/h8-11,14-15,20,23-24H,3-7,12-13,16-18H2,1-2H3,(H,27,29). The summed E-state index contributed by atoms with van der Waals surface area (Å²) in [5, 5.41) is 5.68. The van der Waals surface area contributed by atoms with E-state index in [1.165, 1.54) is 55.1 Å². The summed E-state index contributed by atoms with van der Waals surface area (Å²) in [5.41, 5.74) is 1.43. The molecule has 168 valence electrons. The van der Waals surface area contributed by atoms with E-state index in [-0.39, 0.29) is 12.5 Å². The number of piperidine rings is 1. The third-order valence-electron chi connectivity index (χ3n) is 6.99. The Morgan fingerprint density at radius 1 is 1.06 bits per heavy atom. The van der Waals surface area contributed by atoms with Gasteiger partial charge < -0.3 is 19.7 Å². The Morgan fingerprint density at radius 2 is 1.90 bits per heavy atom. The Labute approximate surface area is 186 Å². The second-order valence-corrected chi connectivity index (χ2v) is 9.27. The number of fused-ring (bicyclic) bond motifs is 1. The smallest absolute Gasteiger partial charge is 0.246 e. The van der Waals surface area contributed by atoms with E-state index < -0.39 is 0 Å². The first-order chi connectivity index (χ1) is 15.1. The largest absolute Gasteiger partial charge is 0.497 e. The molecular formula is C26H36N2O3. The van der Waals surface area contributed by atoms with Gasteiger partial charge in [-0.25, -0.2) is 0 Å². The number of ether oxygens (including phenoxy) is 2. The number of methoxy groups -OCH3 is 2. The second-order valence-electron chi connectivity index (χ2n) is 9.27. The molecule has 0 aromatic heterocycles. The number of benzene rings is 2. The van der Waals surface area contributed by atoms with Crippen molar-refractivity contribution in [2.45, 2.75) is 57.0 Å². The molecule has 1 amide bonds. The van der Waals surface area contributed by atoms with Gasteiger partial charge in [-0.15, -0.1) is 0 Å². The van der Waals surface area contributed by atoms with E-state index in [1.54, 1.807) is 14.2 Å². The molecule has 2 aliphatic rings. The van der Waals surface area contributed by atoms with Crippen LogP contribution < -0.4 is 10.1 Å². The van der Waals surface area contributed by atoms with Gasteiger partial charge in [0.05, 0.1) is 7.11 Å². The number of hydrogen-bond acceptors (Lipinski definition) is 4. The van der Waals surface area contributed by atoms with E-state index >= 15 is 0 Å². The molecule has 31 heavy (non-hydrogen) atoms. The van der Waals surface area contributed by atoms with Gasteiger partial charge in [-0.1, -0.05) is 24.3 Å². The summed E-state index contributed by atoms with van der Waals surface area (Å²) >= 11 is 0. The van der Waals surface area contributed by atoms with Crippen LogP contribution in [0.25, 0.3) is 10.8 Å². The molecule has 1 heterocycles. The molecule has 1 aliphatic carbocycles. The molecule has 0 radical (unpaired) electrons. The highest BCUT2D eigenvalue weighted by Crippen LogP contribution is 2.30. The Bertz CT molecular complexity index is 884. The van der Waals surface area contributed by atoms with Crippen LogP contribution in [0.5, 0.6) is 5.75 Å². The maximum atomic E-state index is 11.9. The third-order valence-corrected chi connectivity index (χ3v) is 6.99. The molecule has 2 fully saturated rings. The Kier molecular flexibility index (Phi) is 7.46. The van der Waals surface area contributed by atoms with E-state index in [0.29, 0.717) is 18.0 Å². The molecule has 5 heteroatoms. The minimum atomic E-state index is 0.0126. The number of carbonyl (C=O) groups is 1. The van der Waals surface area contributed by atoms with Crippen LogP contribution in [0.15, 0.2) is 36.4 Å². The summed E-state index contributed by atoms with van der Waals surface area (Å²) in [5.74, 6) is 1.62. The van der Waals surface area contributed by atoms with Crippen LogP contribution >= 0.6 is 0 Å². The number of rotatable bonds is 7. The van der Waals surface area contributed by atoms with Gasteiger partial charge in [-0.2, -0.15) is 0 Å². The number of amides is 1. The van der Waals surface area contributed by atoms with E-state index in [0.717, 1.165) is 25.0 Å². The van der Waals surface area contributed by atoms with Crippen LogP contribution in [0.4, 0.5) is 0 Å². The average Bonchev–Trinajstić information content (AvgIpc) is 2.79. The molecule has 0 bridgehead atoms. The van der Waals surface area contributed by atoms with Crippen LogP contribution in [0.2, 0.25) is 0 Å². The lowest BCUT2D eigenvalue weighted by Gasteiger charge is -2.42. The molecule has 3 unspecified atom stereocenters. The Balaban J connectivity index is 1.35. The zero-order chi connectivity index (χ0) is 21.6. The van der Waals surface area contributed by atoms with E-state index in [9.17, 15) is 4.79 Å². The summed E-state index contributed by atoms with van der Waals surface area (Å²) in [7, 11) is 3.29. The van der Waals surface area contributed by atoms with E-state index in [1.807, 2.05) is 6.07 Å². The van der Waals surface area contributed by atoms with Crippen molar-refractivity contribution in [1.82, 2.24) is 10.2 Å². The van der Waals surface area contributed by atoms with Gasteiger partial charge in [0.2, 0.25) is 5.91 Å². The fourth-order valence-electron chi connectivity index (χ4n) is 5.48. The molecular weight excluding hydrogens is 388 g/mol. The molecule has 5 nitrogen and oxygen atoms in total. The van der Waals surface area contributed by atoms with Gasteiger partial charge in [0.1, 0.15) is 12.4 Å². The van der Waals surface area contributed by atoms with Crippen LogP contribution in [-0.4, -0.2) is 56.8 Å². The molecule has 0 spiro atoms. The van der Waals surface area contributed by atoms with Crippen molar-refractivity contribution in [3.8, 4) is 5.75 Å². The van der Waals surface area contributed by atoms with Crippen molar-refractivity contribution in [2.24, 2.45) is 5.92 Å². The van der Waals surface area contributed by atoms with Crippen LogP contribution in [0.1, 0.15) is 44.1 Å². The second kappa shape index (κ2) is 10.5. The molecule has 2 aromatic carbocycles. The minimum absolute atomic E-state index is 0.0126. The van der Waals surface area contributed by atoms with Crippen molar-refractivity contribution in [3.05, 3.63) is 42.0 Å². The summed E-state index contributed by atoms with van der Waals surface area (Å²) in [6, 6.07) is 14.0. The maximum absolute atomic E-state index is 11.9. The molecule has 1 N–H and O–H groups in total. The molecule has 1 aliphatic heterocycles. The lowest BCUT2D eigenvalue weighted by atomic mass is 9.85. The summed E-state index contributed by atoms with van der Waals surface area (Å²) in [6.07, 6.45) is 8.31. The van der Waals surface area contributed by atoms with Crippen molar-refractivity contribution >= 4 is 16.7 Å². The van der Waals surface area contributed by atoms with Gasteiger partial charge in [0.15, 0.2) is 0 Å². The average molecular weight is 425 g/mol. The first-order valence-corrected chi connectivity index (χ1v) is 11.7. The normalized spacial score (nSPS) is 24.8. The minimum Gasteiger partial charge on any atom is -0.497 e. The van der Waals surface area contributed by atoms with Crippen LogP contribution in [0.3, 0.4) is 0 Å². The first kappa shape index (κ1) is 22.1. The van der Waals surface area contributed by atoms with Crippen molar-refractivity contribution in [3.63, 3.8) is 0 Å². The van der Waals surface area contributed by atoms with Crippen LogP contribution in [0, 0.1) is 5.92 Å². The highest BCUT2D eigenvalue weighted by atomic mass is 16.5. The highest BCUT2D eigenvalue weighted by molar-refractivity contribution is 5.84. The fourth-order valence-corrected chi connectivity index (χ4v) is 5.48. The third kappa shape index (κ3) is 5.78. The van der Waals surface area contributed by atoms with Gasteiger partial charge >= 0.3 is 0 Å². The van der Waals surface area contributed by atoms with Gasteiger partial charge in [0, 0.05) is 25.7 Å². The van der Waals surface area contributed by atoms with Crippen LogP contribution in [-0.2, 0) is 16.0 Å². The van der Waals surface area contributed by atoms with Gasteiger partial charge in [-0.3, -0.25) is 4.79 Å². The summed E-state index contributed by atoms with van der Waals surface area (Å²) in [4.78, 5) is 14.6. The monoisotopic (exact) mass is 424 g/mol. The van der Waals surface area contributed by atoms with Gasteiger partial charge in [-0.05, 0) is 85.9 Å². The fraction of sp³-hybridized carbons (Fsp3) is 0.577. The predicted octanol–water partition coefficient (Wildman–Crippen LogP) is 4.18. The SMILES string of the molecule is COCC(=O)NC1CCCC(N2CCCC(Cc3ccc4cc(OC)ccc4c3)C2)C1. The lowest BCUT2D eigenvalue weighted by molar-refractivity contribution is -0.125. The Hall–Kier alpha value is -2.11. The summed E-state index contributed by atoms with van der Waals surface area (Å²) in [6.45, 7) is 2.52.